The van der Waals surface area contributed by atoms with Crippen LogP contribution >= 0.6 is 25.0 Å². The van der Waals surface area contributed by atoms with Crippen LogP contribution in [0.3, 0.4) is 0 Å². The van der Waals surface area contributed by atoms with Crippen molar-refractivity contribution in [2.75, 3.05) is 13.1 Å². The fraction of sp³-hybridized carbons (Fsp3) is 0.714. The Labute approximate surface area is 75.1 Å². The first-order valence-electron chi connectivity index (χ1n) is 3.10. The minimum atomic E-state index is 0. The average Bonchev–Trinajstić information content (AvgIpc) is 1.63. The Kier molecular flexibility index (Phi) is 7.88. The molecule has 0 fully saturated rings. The highest BCUT2D eigenvalue weighted by Gasteiger charge is 2.08. The molecule has 0 rings (SSSR count). The largest absolute Gasteiger partial charge is 0.312 e. The second-order valence-corrected chi connectivity index (χ2v) is 3.94. The predicted molar refractivity (Wildman–Crippen MR) is 53.4 cm³/mol. The molecule has 0 aliphatic heterocycles. The van der Waals surface area contributed by atoms with E-state index in [-0.39, 0.29) is 17.2 Å². The summed E-state index contributed by atoms with van der Waals surface area (Å²) in [5.74, 6) is 0. The van der Waals surface area contributed by atoms with Gasteiger partial charge in [-0.1, -0.05) is 6.08 Å². The van der Waals surface area contributed by atoms with Crippen LogP contribution in [0.15, 0.2) is 12.7 Å². The number of hydrogen-bond acceptors (Lipinski definition) is 2. The highest BCUT2D eigenvalue weighted by atomic mass is 35.5. The fourth-order valence-corrected chi connectivity index (χ4v) is 0.592. The molecule has 62 valence electrons. The molecule has 1 N–H and O–H groups in total. The van der Waals surface area contributed by atoms with Gasteiger partial charge < -0.3 is 5.32 Å². The minimum absolute atomic E-state index is 0. The van der Waals surface area contributed by atoms with Crippen LogP contribution in [0.4, 0.5) is 0 Å². The second kappa shape index (κ2) is 6.08. The standard InChI is InChI=1S/C7H15NS.ClH/c1-4-5-8-6-7(2,3)9;/h4,8-9H,1,5-6H2,2-3H3;1H. The van der Waals surface area contributed by atoms with Crippen molar-refractivity contribution >= 4 is 25.0 Å². The van der Waals surface area contributed by atoms with Gasteiger partial charge in [0.1, 0.15) is 0 Å². The molecule has 0 saturated carbocycles. The summed E-state index contributed by atoms with van der Waals surface area (Å²) < 4.78 is 0.0863. The van der Waals surface area contributed by atoms with Crippen LogP contribution in [-0.2, 0) is 0 Å². The van der Waals surface area contributed by atoms with E-state index in [2.05, 4.69) is 38.4 Å². The number of rotatable bonds is 4. The Morgan fingerprint density at radius 2 is 2.10 bits per heavy atom. The van der Waals surface area contributed by atoms with Crippen molar-refractivity contribution < 1.29 is 0 Å². The summed E-state index contributed by atoms with van der Waals surface area (Å²) in [6.45, 7) is 9.53. The predicted octanol–water partition coefficient (Wildman–Crippen LogP) is 1.89. The van der Waals surface area contributed by atoms with Crippen LogP contribution in [0.25, 0.3) is 0 Å². The van der Waals surface area contributed by atoms with Gasteiger partial charge in [0, 0.05) is 17.8 Å². The van der Waals surface area contributed by atoms with E-state index < -0.39 is 0 Å². The lowest BCUT2D eigenvalue weighted by molar-refractivity contribution is 0.624. The summed E-state index contributed by atoms with van der Waals surface area (Å²) in [6, 6.07) is 0. The fourth-order valence-electron chi connectivity index (χ4n) is 0.480. The van der Waals surface area contributed by atoms with Crippen LogP contribution < -0.4 is 5.32 Å². The molecule has 0 aliphatic carbocycles. The van der Waals surface area contributed by atoms with Crippen molar-refractivity contribution in [2.45, 2.75) is 18.6 Å². The van der Waals surface area contributed by atoms with Gasteiger partial charge in [0.2, 0.25) is 0 Å². The molecule has 0 aromatic rings. The second-order valence-electron chi connectivity index (χ2n) is 2.73. The molecule has 3 heteroatoms. The smallest absolute Gasteiger partial charge is 0.0198 e. The van der Waals surface area contributed by atoms with E-state index in [4.69, 9.17) is 0 Å². The van der Waals surface area contributed by atoms with Crippen LogP contribution in [0.1, 0.15) is 13.8 Å². The molecule has 10 heavy (non-hydrogen) atoms. The van der Waals surface area contributed by atoms with Crippen molar-refractivity contribution in [1.29, 1.82) is 0 Å². The van der Waals surface area contributed by atoms with Crippen LogP contribution in [0.5, 0.6) is 0 Å². The third-order valence-corrected chi connectivity index (χ3v) is 1.00. The van der Waals surface area contributed by atoms with Gasteiger partial charge in [0.05, 0.1) is 0 Å². The molecule has 0 radical (unpaired) electrons. The van der Waals surface area contributed by atoms with Gasteiger partial charge in [-0.15, -0.1) is 19.0 Å². The summed E-state index contributed by atoms with van der Waals surface area (Å²) in [4.78, 5) is 0. The SMILES string of the molecule is C=CCNCC(C)(C)S.Cl. The van der Waals surface area contributed by atoms with E-state index >= 15 is 0 Å². The summed E-state index contributed by atoms with van der Waals surface area (Å²) in [5, 5.41) is 3.18. The Morgan fingerprint density at radius 1 is 1.60 bits per heavy atom. The van der Waals surface area contributed by atoms with Gasteiger partial charge in [-0.05, 0) is 13.8 Å². The lowest BCUT2D eigenvalue weighted by Crippen LogP contribution is -2.30. The zero-order valence-corrected chi connectivity index (χ0v) is 8.27. The molecule has 0 aliphatic rings. The van der Waals surface area contributed by atoms with Crippen LogP contribution in [-0.4, -0.2) is 17.8 Å². The molecular weight excluding hydrogens is 166 g/mol. The Morgan fingerprint density at radius 3 is 2.40 bits per heavy atom. The number of nitrogens with one attached hydrogen (secondary N) is 1. The first-order valence-corrected chi connectivity index (χ1v) is 3.55. The van der Waals surface area contributed by atoms with Gasteiger partial charge in [0.15, 0.2) is 0 Å². The van der Waals surface area contributed by atoms with Crippen molar-refractivity contribution in [1.82, 2.24) is 5.32 Å². The lowest BCUT2D eigenvalue weighted by atomic mass is 10.2. The van der Waals surface area contributed by atoms with Crippen LogP contribution in [0.2, 0.25) is 0 Å². The first kappa shape index (κ1) is 13.0. The third-order valence-electron chi connectivity index (χ3n) is 0.846. The van der Waals surface area contributed by atoms with E-state index in [0.29, 0.717) is 0 Å². The monoisotopic (exact) mass is 181 g/mol. The van der Waals surface area contributed by atoms with Gasteiger partial charge in [-0.3, -0.25) is 0 Å². The molecule has 0 aromatic carbocycles. The third kappa shape index (κ3) is 11.2. The molecule has 0 heterocycles. The molecule has 0 aromatic heterocycles. The molecular formula is C7H16ClNS. The maximum atomic E-state index is 4.33. The van der Waals surface area contributed by atoms with Crippen molar-refractivity contribution in [3.8, 4) is 0 Å². The quantitative estimate of drug-likeness (QED) is 0.384. The summed E-state index contributed by atoms with van der Waals surface area (Å²) in [6.07, 6.45) is 1.85. The van der Waals surface area contributed by atoms with Crippen molar-refractivity contribution in [3.05, 3.63) is 12.7 Å². The molecule has 0 amide bonds. The first-order chi connectivity index (χ1) is 4.06. The number of thiol groups is 1. The molecule has 0 bridgehead atoms. The Balaban J connectivity index is 0. The Bertz CT molecular complexity index is 88.1. The van der Waals surface area contributed by atoms with Gasteiger partial charge in [-0.25, -0.2) is 0 Å². The molecule has 0 saturated heterocycles. The zero-order chi connectivity index (χ0) is 7.33. The van der Waals surface area contributed by atoms with Crippen molar-refractivity contribution in [2.24, 2.45) is 0 Å². The average molecular weight is 182 g/mol. The zero-order valence-electron chi connectivity index (χ0n) is 6.55. The molecule has 0 atom stereocenters. The normalized spacial score (nSPS) is 10.3. The topological polar surface area (TPSA) is 12.0 Å². The maximum Gasteiger partial charge on any atom is 0.0198 e. The molecule has 0 spiro atoms. The molecule has 1 nitrogen and oxygen atoms in total. The summed E-state index contributed by atoms with van der Waals surface area (Å²) in [7, 11) is 0. The lowest BCUT2D eigenvalue weighted by Gasteiger charge is -2.16. The van der Waals surface area contributed by atoms with Crippen LogP contribution in [0, 0.1) is 0 Å². The maximum absolute atomic E-state index is 4.33. The van der Waals surface area contributed by atoms with Crippen molar-refractivity contribution in [3.63, 3.8) is 0 Å². The number of halogens is 1. The van der Waals surface area contributed by atoms with E-state index in [1.54, 1.807) is 0 Å². The summed E-state index contributed by atoms with van der Waals surface area (Å²) in [5.41, 5.74) is 0. The van der Waals surface area contributed by atoms with Gasteiger partial charge in [0.25, 0.3) is 0 Å². The Hall–Kier alpha value is 0.340. The number of hydrogen-bond donors (Lipinski definition) is 2. The van der Waals surface area contributed by atoms with E-state index in [0.717, 1.165) is 13.1 Å². The highest BCUT2D eigenvalue weighted by Crippen LogP contribution is 2.08. The molecule has 0 unspecified atom stereocenters. The highest BCUT2D eigenvalue weighted by molar-refractivity contribution is 7.81. The van der Waals surface area contributed by atoms with Gasteiger partial charge in [-0.2, -0.15) is 12.6 Å². The minimum Gasteiger partial charge on any atom is -0.312 e. The summed E-state index contributed by atoms with van der Waals surface area (Å²) >= 11 is 4.33. The van der Waals surface area contributed by atoms with E-state index in [1.165, 1.54) is 0 Å². The van der Waals surface area contributed by atoms with Gasteiger partial charge >= 0.3 is 0 Å². The van der Waals surface area contributed by atoms with E-state index in [9.17, 15) is 0 Å². The van der Waals surface area contributed by atoms with E-state index in [1.807, 2.05) is 6.08 Å².